The van der Waals surface area contributed by atoms with Crippen LogP contribution in [0.15, 0.2) is 55.6 Å². The minimum absolute atomic E-state index is 0.0213. The average molecular weight is 298 g/mol. The Kier molecular flexibility index (Phi) is 5.06. The van der Waals surface area contributed by atoms with E-state index >= 15 is 0 Å². The molecule has 4 heteroatoms. The molecule has 0 spiro atoms. The van der Waals surface area contributed by atoms with E-state index in [9.17, 15) is 4.79 Å². The molecule has 0 saturated heterocycles. The number of thiazole rings is 1. The van der Waals surface area contributed by atoms with Crippen molar-refractivity contribution in [2.75, 3.05) is 13.1 Å². The van der Waals surface area contributed by atoms with Gasteiger partial charge in [-0.1, -0.05) is 42.5 Å². The number of carbonyl (C=O) groups excluding carboxylic acids is 1. The predicted octanol–water partition coefficient (Wildman–Crippen LogP) is 3.93. The molecule has 0 saturated carbocycles. The van der Waals surface area contributed by atoms with Crippen LogP contribution in [0.4, 0.5) is 0 Å². The maximum absolute atomic E-state index is 12.6. The fourth-order valence-corrected chi connectivity index (χ4v) is 3.03. The van der Waals surface area contributed by atoms with Crippen LogP contribution in [0.1, 0.15) is 15.4 Å². The third kappa shape index (κ3) is 3.47. The SMILES string of the molecule is C=CCN(CC=C)C(=O)c1sc(-c2ccccc2)nc1C. The first kappa shape index (κ1) is 15.2. The first-order valence-electron chi connectivity index (χ1n) is 6.71. The Morgan fingerprint density at radius 1 is 1.24 bits per heavy atom. The first-order valence-corrected chi connectivity index (χ1v) is 7.53. The topological polar surface area (TPSA) is 33.2 Å². The number of carbonyl (C=O) groups is 1. The van der Waals surface area contributed by atoms with Crippen LogP contribution >= 0.6 is 11.3 Å². The summed E-state index contributed by atoms with van der Waals surface area (Å²) in [6, 6.07) is 9.89. The van der Waals surface area contributed by atoms with E-state index in [-0.39, 0.29) is 5.91 Å². The van der Waals surface area contributed by atoms with Crippen LogP contribution in [0.2, 0.25) is 0 Å². The number of hydrogen-bond donors (Lipinski definition) is 0. The average Bonchev–Trinajstić information content (AvgIpc) is 2.89. The van der Waals surface area contributed by atoms with Crippen LogP contribution < -0.4 is 0 Å². The van der Waals surface area contributed by atoms with Gasteiger partial charge in [0.2, 0.25) is 0 Å². The molecule has 21 heavy (non-hydrogen) atoms. The molecule has 0 unspecified atom stereocenters. The summed E-state index contributed by atoms with van der Waals surface area (Å²) in [6.07, 6.45) is 3.44. The second kappa shape index (κ2) is 6.99. The van der Waals surface area contributed by atoms with Crippen LogP contribution in [-0.2, 0) is 0 Å². The molecule has 0 atom stereocenters. The van der Waals surface area contributed by atoms with E-state index in [0.29, 0.717) is 18.0 Å². The van der Waals surface area contributed by atoms with Crippen LogP contribution in [0.5, 0.6) is 0 Å². The molecular weight excluding hydrogens is 280 g/mol. The lowest BCUT2D eigenvalue weighted by Crippen LogP contribution is -2.31. The van der Waals surface area contributed by atoms with Crippen molar-refractivity contribution in [1.29, 1.82) is 0 Å². The summed E-state index contributed by atoms with van der Waals surface area (Å²) in [5.41, 5.74) is 1.80. The monoisotopic (exact) mass is 298 g/mol. The molecule has 3 nitrogen and oxygen atoms in total. The molecule has 0 N–H and O–H groups in total. The summed E-state index contributed by atoms with van der Waals surface area (Å²) in [7, 11) is 0. The highest BCUT2D eigenvalue weighted by Crippen LogP contribution is 2.28. The van der Waals surface area contributed by atoms with Gasteiger partial charge in [-0.25, -0.2) is 4.98 Å². The van der Waals surface area contributed by atoms with Gasteiger partial charge >= 0.3 is 0 Å². The zero-order valence-electron chi connectivity index (χ0n) is 12.1. The Hall–Kier alpha value is -2.20. The van der Waals surface area contributed by atoms with E-state index in [1.165, 1.54) is 11.3 Å². The van der Waals surface area contributed by atoms with Gasteiger partial charge in [0.25, 0.3) is 5.91 Å². The molecule has 2 aromatic rings. The quantitative estimate of drug-likeness (QED) is 0.757. The summed E-state index contributed by atoms with van der Waals surface area (Å²) in [5.74, 6) is -0.0213. The normalized spacial score (nSPS) is 10.1. The molecule has 0 fully saturated rings. The fourth-order valence-electron chi connectivity index (χ4n) is 1.99. The van der Waals surface area contributed by atoms with Crippen molar-refractivity contribution in [3.8, 4) is 10.6 Å². The van der Waals surface area contributed by atoms with Gasteiger partial charge < -0.3 is 4.90 Å². The van der Waals surface area contributed by atoms with E-state index in [1.54, 1.807) is 17.1 Å². The van der Waals surface area contributed by atoms with E-state index < -0.39 is 0 Å². The van der Waals surface area contributed by atoms with Gasteiger partial charge in [-0.15, -0.1) is 24.5 Å². The second-order valence-corrected chi connectivity index (χ2v) is 5.59. The third-order valence-corrected chi connectivity index (χ3v) is 4.19. The zero-order valence-corrected chi connectivity index (χ0v) is 12.9. The Balaban J connectivity index is 2.32. The lowest BCUT2D eigenvalue weighted by atomic mass is 10.2. The van der Waals surface area contributed by atoms with Crippen molar-refractivity contribution in [2.45, 2.75) is 6.92 Å². The summed E-state index contributed by atoms with van der Waals surface area (Å²) in [6.45, 7) is 10.3. The standard InChI is InChI=1S/C17H18N2OS/c1-4-11-19(12-5-2)17(20)15-13(3)18-16(21-15)14-9-7-6-8-10-14/h4-10H,1-2,11-12H2,3H3. The lowest BCUT2D eigenvalue weighted by Gasteiger charge is -2.18. The summed E-state index contributed by atoms with van der Waals surface area (Å²) in [4.78, 5) is 19.5. The van der Waals surface area contributed by atoms with Gasteiger partial charge in [0.1, 0.15) is 9.88 Å². The molecule has 2 rings (SSSR count). The molecule has 0 aliphatic rings. The lowest BCUT2D eigenvalue weighted by molar-refractivity contribution is 0.0794. The van der Waals surface area contributed by atoms with Crippen LogP contribution in [0, 0.1) is 6.92 Å². The van der Waals surface area contributed by atoms with E-state index in [4.69, 9.17) is 0 Å². The zero-order chi connectivity index (χ0) is 15.2. The van der Waals surface area contributed by atoms with Gasteiger partial charge in [-0.2, -0.15) is 0 Å². The van der Waals surface area contributed by atoms with Crippen molar-refractivity contribution >= 4 is 17.2 Å². The molecule has 0 radical (unpaired) electrons. The number of amides is 1. The van der Waals surface area contributed by atoms with E-state index in [2.05, 4.69) is 18.1 Å². The largest absolute Gasteiger partial charge is 0.330 e. The molecule has 0 aliphatic carbocycles. The van der Waals surface area contributed by atoms with Gasteiger partial charge in [0.05, 0.1) is 5.69 Å². The van der Waals surface area contributed by atoms with Crippen molar-refractivity contribution in [3.05, 3.63) is 66.2 Å². The predicted molar refractivity (Wildman–Crippen MR) is 88.6 cm³/mol. The maximum Gasteiger partial charge on any atom is 0.266 e. The number of aryl methyl sites for hydroxylation is 1. The van der Waals surface area contributed by atoms with Gasteiger partial charge in [0.15, 0.2) is 0 Å². The Morgan fingerprint density at radius 2 is 1.86 bits per heavy atom. The molecule has 108 valence electrons. The van der Waals surface area contributed by atoms with Gasteiger partial charge in [-0.05, 0) is 6.92 Å². The number of aromatic nitrogens is 1. The van der Waals surface area contributed by atoms with Gasteiger partial charge in [0, 0.05) is 18.7 Å². The summed E-state index contributed by atoms with van der Waals surface area (Å²) >= 11 is 1.43. The van der Waals surface area contributed by atoms with Crippen molar-refractivity contribution in [1.82, 2.24) is 9.88 Å². The highest BCUT2D eigenvalue weighted by molar-refractivity contribution is 7.17. The highest BCUT2D eigenvalue weighted by atomic mass is 32.1. The van der Waals surface area contributed by atoms with Crippen LogP contribution in [-0.4, -0.2) is 28.9 Å². The Labute approximate surface area is 129 Å². The minimum atomic E-state index is -0.0213. The van der Waals surface area contributed by atoms with Crippen LogP contribution in [0.25, 0.3) is 10.6 Å². The summed E-state index contributed by atoms with van der Waals surface area (Å²) in [5, 5.41) is 0.869. The molecule has 0 bridgehead atoms. The second-order valence-electron chi connectivity index (χ2n) is 4.59. The minimum Gasteiger partial charge on any atom is -0.330 e. The maximum atomic E-state index is 12.6. The van der Waals surface area contributed by atoms with Gasteiger partial charge in [-0.3, -0.25) is 4.79 Å². The third-order valence-electron chi connectivity index (χ3n) is 3.00. The summed E-state index contributed by atoms with van der Waals surface area (Å²) < 4.78 is 0. The van der Waals surface area contributed by atoms with Crippen LogP contribution in [0.3, 0.4) is 0 Å². The van der Waals surface area contributed by atoms with E-state index in [0.717, 1.165) is 16.3 Å². The van der Waals surface area contributed by atoms with Crippen molar-refractivity contribution < 1.29 is 4.79 Å². The number of nitrogens with zero attached hydrogens (tertiary/aromatic N) is 2. The first-order chi connectivity index (χ1) is 10.2. The van der Waals surface area contributed by atoms with E-state index in [1.807, 2.05) is 37.3 Å². The number of hydrogen-bond acceptors (Lipinski definition) is 3. The molecule has 1 aromatic carbocycles. The fraction of sp³-hybridized carbons (Fsp3) is 0.176. The molecule has 0 aliphatic heterocycles. The Bertz CT molecular complexity index is 636. The molecule has 1 amide bonds. The molecular formula is C17H18N2OS. The molecule has 1 aromatic heterocycles. The molecule has 1 heterocycles. The highest BCUT2D eigenvalue weighted by Gasteiger charge is 2.20. The van der Waals surface area contributed by atoms with Crippen molar-refractivity contribution in [2.24, 2.45) is 0 Å². The smallest absolute Gasteiger partial charge is 0.266 e. The number of rotatable bonds is 6. The van der Waals surface area contributed by atoms with Crippen molar-refractivity contribution in [3.63, 3.8) is 0 Å². The Morgan fingerprint density at radius 3 is 2.43 bits per heavy atom. The number of benzene rings is 1.